The molecule has 1 fully saturated rings. The predicted octanol–water partition coefficient (Wildman–Crippen LogP) is 7.84. The van der Waals surface area contributed by atoms with Gasteiger partial charge in [-0.2, -0.15) is 0 Å². The van der Waals surface area contributed by atoms with Gasteiger partial charge in [0.15, 0.2) is 0 Å². The quantitative estimate of drug-likeness (QED) is 0.304. The number of allylic oxidation sites excluding steroid dienone is 1. The third-order valence-corrected chi connectivity index (χ3v) is 8.26. The number of benzene rings is 3. The highest BCUT2D eigenvalue weighted by Gasteiger charge is 2.48. The highest BCUT2D eigenvalue weighted by atomic mass is 79.9. The first-order valence-corrected chi connectivity index (χ1v) is 10.8. The van der Waals surface area contributed by atoms with Gasteiger partial charge in [0, 0.05) is 14.4 Å². The molecule has 0 radical (unpaired) electrons. The Morgan fingerprint density at radius 2 is 1.76 bits per heavy atom. The van der Waals surface area contributed by atoms with Crippen LogP contribution in [-0.4, -0.2) is 0 Å². The minimum atomic E-state index is 0.334. The van der Waals surface area contributed by atoms with E-state index in [4.69, 9.17) is 0 Å². The zero-order valence-corrected chi connectivity index (χ0v) is 17.1. The average Bonchev–Trinajstić information content (AvgIpc) is 3.11. The van der Waals surface area contributed by atoms with Crippen LogP contribution < -0.4 is 0 Å². The molecule has 1 atom stereocenters. The summed E-state index contributed by atoms with van der Waals surface area (Å²) in [4.78, 5) is 0. The van der Waals surface area contributed by atoms with Gasteiger partial charge in [-0.3, -0.25) is 0 Å². The third kappa shape index (κ3) is 1.73. The predicted molar refractivity (Wildman–Crippen MR) is 113 cm³/mol. The zero-order chi connectivity index (χ0) is 16.8. The van der Waals surface area contributed by atoms with E-state index in [1.165, 1.54) is 68.2 Å². The van der Waals surface area contributed by atoms with Crippen LogP contribution in [0.15, 0.2) is 45.4 Å². The topological polar surface area (TPSA) is 0 Å². The van der Waals surface area contributed by atoms with Gasteiger partial charge >= 0.3 is 0 Å². The van der Waals surface area contributed by atoms with E-state index in [1.54, 1.807) is 11.1 Å². The van der Waals surface area contributed by atoms with Crippen LogP contribution in [0.3, 0.4) is 0 Å². The molecule has 3 aromatic rings. The van der Waals surface area contributed by atoms with Crippen molar-refractivity contribution in [2.75, 3.05) is 0 Å². The van der Waals surface area contributed by atoms with Gasteiger partial charge in [-0.1, -0.05) is 75.1 Å². The molecule has 1 saturated carbocycles. The lowest BCUT2D eigenvalue weighted by Crippen LogP contribution is -2.34. The van der Waals surface area contributed by atoms with Crippen LogP contribution in [0.4, 0.5) is 0 Å². The Morgan fingerprint density at radius 1 is 0.960 bits per heavy atom. The molecule has 3 aromatic carbocycles. The Labute approximate surface area is 164 Å². The molecule has 124 valence electrons. The summed E-state index contributed by atoms with van der Waals surface area (Å²) in [5, 5.41) is 5.78. The van der Waals surface area contributed by atoms with Crippen molar-refractivity contribution in [3.63, 3.8) is 0 Å². The van der Waals surface area contributed by atoms with Crippen LogP contribution in [0, 0.1) is 0 Å². The maximum atomic E-state index is 3.87. The molecule has 0 aliphatic heterocycles. The average molecular weight is 454 g/mol. The summed E-state index contributed by atoms with van der Waals surface area (Å²) in [7, 11) is 0. The van der Waals surface area contributed by atoms with E-state index in [1.807, 2.05) is 0 Å². The van der Waals surface area contributed by atoms with Gasteiger partial charge in [-0.05, 0) is 75.5 Å². The van der Waals surface area contributed by atoms with Crippen molar-refractivity contribution < 1.29 is 0 Å². The maximum absolute atomic E-state index is 3.87. The lowest BCUT2D eigenvalue weighted by molar-refractivity contribution is 0.350. The standard InChI is InChI=1S/C23H18Br2/c24-18-11-13-12-19(25)15-6-4-8-17-22(15)20(13)21-14(18)5-3-7-16(21)23(17)9-1-2-10-23/h3-7,11-12,17H,1-2,8-10H2. The molecule has 0 aromatic heterocycles. The largest absolute Gasteiger partial charge is 0.0833 e. The highest BCUT2D eigenvalue weighted by Crippen LogP contribution is 2.61. The lowest BCUT2D eigenvalue weighted by Gasteiger charge is -2.45. The molecule has 1 unspecified atom stereocenters. The van der Waals surface area contributed by atoms with E-state index in [-0.39, 0.29) is 0 Å². The molecule has 1 spiro atoms. The van der Waals surface area contributed by atoms with E-state index in [9.17, 15) is 0 Å². The fourth-order valence-electron chi connectivity index (χ4n) is 6.03. The van der Waals surface area contributed by atoms with Crippen molar-refractivity contribution in [3.8, 4) is 0 Å². The summed E-state index contributed by atoms with van der Waals surface area (Å²) < 4.78 is 2.47. The second-order valence-electron chi connectivity index (χ2n) is 7.92. The van der Waals surface area contributed by atoms with Crippen LogP contribution in [0.1, 0.15) is 54.7 Å². The van der Waals surface area contributed by atoms with E-state index >= 15 is 0 Å². The number of halogens is 2. The van der Waals surface area contributed by atoms with Gasteiger partial charge in [-0.25, -0.2) is 0 Å². The molecule has 0 saturated heterocycles. The Morgan fingerprint density at radius 3 is 2.60 bits per heavy atom. The number of hydrogen-bond acceptors (Lipinski definition) is 0. The van der Waals surface area contributed by atoms with Gasteiger partial charge in [0.2, 0.25) is 0 Å². The highest BCUT2D eigenvalue weighted by molar-refractivity contribution is 9.11. The second-order valence-corrected chi connectivity index (χ2v) is 9.63. The minimum Gasteiger partial charge on any atom is -0.0833 e. The fraction of sp³-hybridized carbons (Fsp3) is 0.304. The molecular weight excluding hydrogens is 436 g/mol. The van der Waals surface area contributed by atoms with E-state index in [0.29, 0.717) is 11.3 Å². The van der Waals surface area contributed by atoms with Crippen LogP contribution >= 0.6 is 31.9 Å². The molecule has 0 bridgehead atoms. The van der Waals surface area contributed by atoms with E-state index in [0.717, 1.165) is 0 Å². The van der Waals surface area contributed by atoms with Crippen LogP contribution in [-0.2, 0) is 5.41 Å². The minimum absolute atomic E-state index is 0.334. The molecule has 3 aliphatic carbocycles. The molecule has 0 N–H and O–H groups in total. The summed E-state index contributed by atoms with van der Waals surface area (Å²) in [6.45, 7) is 0. The van der Waals surface area contributed by atoms with Crippen LogP contribution in [0.2, 0.25) is 0 Å². The maximum Gasteiger partial charge on any atom is 0.0260 e. The normalized spacial score (nSPS) is 22.6. The zero-order valence-electron chi connectivity index (χ0n) is 13.9. The Hall–Kier alpha value is -1.12. The molecule has 3 aliphatic rings. The summed E-state index contributed by atoms with van der Waals surface area (Å²) in [5.74, 6) is 0.634. The molecule has 6 rings (SSSR count). The summed E-state index contributed by atoms with van der Waals surface area (Å²) >= 11 is 7.73. The van der Waals surface area contributed by atoms with Crippen molar-refractivity contribution >= 4 is 59.5 Å². The molecule has 0 nitrogen and oxygen atoms in total. The van der Waals surface area contributed by atoms with Crippen molar-refractivity contribution in [2.45, 2.75) is 43.4 Å². The fourth-order valence-corrected chi connectivity index (χ4v) is 7.20. The van der Waals surface area contributed by atoms with Gasteiger partial charge in [0.1, 0.15) is 0 Å². The van der Waals surface area contributed by atoms with Gasteiger partial charge in [0.25, 0.3) is 0 Å². The Bertz CT molecular complexity index is 1100. The summed E-state index contributed by atoms with van der Waals surface area (Å²) in [6.07, 6.45) is 11.4. The lowest BCUT2D eigenvalue weighted by atomic mass is 9.58. The van der Waals surface area contributed by atoms with Gasteiger partial charge < -0.3 is 0 Å². The monoisotopic (exact) mass is 452 g/mol. The molecule has 25 heavy (non-hydrogen) atoms. The van der Waals surface area contributed by atoms with Crippen molar-refractivity contribution in [1.29, 1.82) is 0 Å². The Kier molecular flexibility index (Phi) is 2.99. The van der Waals surface area contributed by atoms with Crippen LogP contribution in [0.25, 0.3) is 27.6 Å². The van der Waals surface area contributed by atoms with E-state index in [2.05, 4.69) is 74.3 Å². The first-order valence-electron chi connectivity index (χ1n) is 9.25. The third-order valence-electron chi connectivity index (χ3n) is 6.95. The molecular formula is C23H18Br2. The van der Waals surface area contributed by atoms with Gasteiger partial charge in [0.05, 0.1) is 0 Å². The van der Waals surface area contributed by atoms with Crippen molar-refractivity contribution in [3.05, 3.63) is 62.0 Å². The van der Waals surface area contributed by atoms with Crippen molar-refractivity contribution in [2.24, 2.45) is 0 Å². The van der Waals surface area contributed by atoms with Gasteiger partial charge in [-0.15, -0.1) is 0 Å². The number of rotatable bonds is 0. The van der Waals surface area contributed by atoms with Crippen LogP contribution in [0.5, 0.6) is 0 Å². The molecule has 0 heterocycles. The smallest absolute Gasteiger partial charge is 0.0260 e. The number of hydrogen-bond donors (Lipinski definition) is 0. The van der Waals surface area contributed by atoms with Crippen molar-refractivity contribution in [1.82, 2.24) is 0 Å². The summed E-state index contributed by atoms with van der Waals surface area (Å²) in [6, 6.07) is 11.6. The first-order chi connectivity index (χ1) is 12.2. The molecule has 0 amide bonds. The number of fused-ring (bicyclic) bond motifs is 2. The second kappa shape index (κ2) is 4.98. The SMILES string of the molecule is Brc1cc2cc(Br)c3cccc4c3c2c2c1C=CCC2C41CCCC1. The Balaban J connectivity index is 1.93. The summed E-state index contributed by atoms with van der Waals surface area (Å²) in [5.41, 5.74) is 4.99. The first kappa shape index (κ1) is 15.0. The van der Waals surface area contributed by atoms with E-state index < -0.39 is 0 Å². The molecule has 2 heteroatoms.